The molecule has 0 fully saturated rings. The molecule has 1 atom stereocenters. The van der Waals surface area contributed by atoms with Gasteiger partial charge in [0.25, 0.3) is 0 Å². The minimum Gasteiger partial charge on any atom is -0.383 e. The first-order chi connectivity index (χ1) is 9.67. The van der Waals surface area contributed by atoms with Crippen LogP contribution in [0.4, 0.5) is 4.39 Å². The molecule has 21 heavy (non-hydrogen) atoms. The van der Waals surface area contributed by atoms with Crippen LogP contribution in [0.15, 0.2) is 34.2 Å². The molecule has 2 N–H and O–H groups in total. The van der Waals surface area contributed by atoms with Crippen molar-refractivity contribution in [3.63, 3.8) is 0 Å². The highest BCUT2D eigenvalue weighted by molar-refractivity contribution is 14.0. The zero-order valence-corrected chi connectivity index (χ0v) is 15.7. The molecule has 0 heterocycles. The number of methoxy groups -OCH3 is 1. The van der Waals surface area contributed by atoms with Crippen LogP contribution in [0, 0.1) is 5.82 Å². The molecule has 0 saturated heterocycles. The second-order valence-electron chi connectivity index (χ2n) is 4.28. The first kappa shape index (κ1) is 20.5. The van der Waals surface area contributed by atoms with Gasteiger partial charge in [-0.2, -0.15) is 0 Å². The zero-order valence-electron chi connectivity index (χ0n) is 12.6. The molecule has 0 radical (unpaired) electrons. The Morgan fingerprint density at radius 2 is 2.14 bits per heavy atom. The van der Waals surface area contributed by atoms with Gasteiger partial charge in [-0.15, -0.1) is 35.7 Å². The lowest BCUT2D eigenvalue weighted by molar-refractivity contribution is 0.179. The van der Waals surface area contributed by atoms with E-state index in [0.717, 1.165) is 11.7 Å². The summed E-state index contributed by atoms with van der Waals surface area (Å²) < 4.78 is 18.5. The van der Waals surface area contributed by atoms with Gasteiger partial charge >= 0.3 is 0 Å². The zero-order chi connectivity index (χ0) is 14.8. The summed E-state index contributed by atoms with van der Waals surface area (Å²) in [6.45, 7) is 3.34. The van der Waals surface area contributed by atoms with Gasteiger partial charge in [0.1, 0.15) is 5.82 Å². The van der Waals surface area contributed by atoms with E-state index in [1.54, 1.807) is 26.3 Å². The van der Waals surface area contributed by atoms with Gasteiger partial charge in [0, 0.05) is 37.4 Å². The average molecular weight is 427 g/mol. The van der Waals surface area contributed by atoms with Gasteiger partial charge in [-0.25, -0.2) is 4.39 Å². The Hall–Kier alpha value is -0.540. The van der Waals surface area contributed by atoms with E-state index in [-0.39, 0.29) is 35.8 Å². The maximum Gasteiger partial charge on any atom is 0.191 e. The van der Waals surface area contributed by atoms with E-state index in [1.165, 1.54) is 17.8 Å². The Kier molecular flexibility index (Phi) is 11.7. The van der Waals surface area contributed by atoms with E-state index in [4.69, 9.17) is 4.74 Å². The highest BCUT2D eigenvalue weighted by Crippen LogP contribution is 2.20. The van der Waals surface area contributed by atoms with Crippen LogP contribution in [-0.2, 0) is 4.74 Å². The Bertz CT molecular complexity index is 434. The monoisotopic (exact) mass is 427 g/mol. The van der Waals surface area contributed by atoms with Crippen molar-refractivity contribution in [3.8, 4) is 0 Å². The summed E-state index contributed by atoms with van der Waals surface area (Å²) in [5.41, 5.74) is 0. The lowest BCUT2D eigenvalue weighted by Gasteiger charge is -2.17. The maximum atomic E-state index is 13.4. The molecular weight excluding hydrogens is 404 g/mol. The Morgan fingerprint density at radius 3 is 2.76 bits per heavy atom. The van der Waals surface area contributed by atoms with Crippen molar-refractivity contribution >= 4 is 41.7 Å². The summed E-state index contributed by atoms with van der Waals surface area (Å²) in [5.74, 6) is 1.32. The van der Waals surface area contributed by atoms with Crippen LogP contribution < -0.4 is 10.6 Å². The molecule has 0 aromatic heterocycles. The number of nitrogens with one attached hydrogen (secondary N) is 2. The summed E-state index contributed by atoms with van der Waals surface area (Å²) >= 11 is 1.48. The standard InChI is InChI=1S/C14H22FN3OS.HI/c1-11(10-19-3)18-14(16-2)17-8-9-20-13-7-5-4-6-12(13)15;/h4-7,11H,8-10H2,1-3H3,(H2,16,17,18);1H. The highest BCUT2D eigenvalue weighted by atomic mass is 127. The molecule has 0 spiro atoms. The predicted molar refractivity (Wildman–Crippen MR) is 98.4 cm³/mol. The van der Waals surface area contributed by atoms with Crippen molar-refractivity contribution in [2.24, 2.45) is 4.99 Å². The Morgan fingerprint density at radius 1 is 1.43 bits per heavy atom. The third-order valence-corrected chi connectivity index (χ3v) is 3.56. The minimum absolute atomic E-state index is 0. The number of hydrogen-bond acceptors (Lipinski definition) is 3. The quantitative estimate of drug-likeness (QED) is 0.231. The van der Waals surface area contributed by atoms with Crippen molar-refractivity contribution < 1.29 is 9.13 Å². The van der Waals surface area contributed by atoms with Gasteiger partial charge in [-0.3, -0.25) is 4.99 Å². The predicted octanol–water partition coefficient (Wildman–Crippen LogP) is 2.74. The van der Waals surface area contributed by atoms with Crippen LogP contribution >= 0.6 is 35.7 Å². The average Bonchev–Trinajstić information content (AvgIpc) is 2.44. The molecular formula is C14H23FIN3OS. The fourth-order valence-corrected chi connectivity index (χ4v) is 2.42. The molecule has 0 amide bonds. The van der Waals surface area contributed by atoms with Crippen molar-refractivity contribution in [2.45, 2.75) is 17.9 Å². The van der Waals surface area contributed by atoms with Crippen LogP contribution in [0.5, 0.6) is 0 Å². The molecule has 4 nitrogen and oxygen atoms in total. The topological polar surface area (TPSA) is 45.7 Å². The fraction of sp³-hybridized carbons (Fsp3) is 0.500. The van der Waals surface area contributed by atoms with Gasteiger partial charge in [-0.1, -0.05) is 12.1 Å². The van der Waals surface area contributed by atoms with Crippen LogP contribution in [0.2, 0.25) is 0 Å². The molecule has 1 unspecified atom stereocenters. The molecule has 1 rings (SSSR count). The summed E-state index contributed by atoms with van der Waals surface area (Å²) in [6.07, 6.45) is 0. The maximum absolute atomic E-state index is 13.4. The van der Waals surface area contributed by atoms with E-state index in [0.29, 0.717) is 18.0 Å². The second-order valence-corrected chi connectivity index (χ2v) is 5.42. The first-order valence-electron chi connectivity index (χ1n) is 6.50. The number of nitrogens with zero attached hydrogens (tertiary/aromatic N) is 1. The molecule has 0 aliphatic rings. The SMILES string of the molecule is CN=C(NCCSc1ccccc1F)NC(C)COC.I. The fourth-order valence-electron chi connectivity index (χ4n) is 1.61. The largest absolute Gasteiger partial charge is 0.383 e. The molecule has 0 saturated carbocycles. The van der Waals surface area contributed by atoms with Crippen LogP contribution in [0.3, 0.4) is 0 Å². The minimum atomic E-state index is -0.172. The highest BCUT2D eigenvalue weighted by Gasteiger charge is 2.05. The molecule has 0 aliphatic heterocycles. The number of hydrogen-bond donors (Lipinski definition) is 2. The van der Waals surface area contributed by atoms with Crippen molar-refractivity contribution in [2.75, 3.05) is 33.1 Å². The van der Waals surface area contributed by atoms with E-state index in [2.05, 4.69) is 15.6 Å². The smallest absolute Gasteiger partial charge is 0.191 e. The van der Waals surface area contributed by atoms with Crippen molar-refractivity contribution in [1.29, 1.82) is 0 Å². The van der Waals surface area contributed by atoms with Gasteiger partial charge in [-0.05, 0) is 19.1 Å². The third-order valence-electron chi connectivity index (χ3n) is 2.51. The molecule has 0 bridgehead atoms. The number of rotatable bonds is 7. The molecule has 0 aliphatic carbocycles. The summed E-state index contributed by atoms with van der Waals surface area (Å²) in [4.78, 5) is 4.80. The Labute approximate surface area is 147 Å². The van der Waals surface area contributed by atoms with Crippen LogP contribution in [-0.4, -0.2) is 45.1 Å². The van der Waals surface area contributed by atoms with Gasteiger partial charge < -0.3 is 15.4 Å². The number of benzene rings is 1. The lowest BCUT2D eigenvalue weighted by Crippen LogP contribution is -2.44. The summed E-state index contributed by atoms with van der Waals surface area (Å²) in [5, 5.41) is 6.40. The Balaban J connectivity index is 0.00000400. The molecule has 1 aromatic carbocycles. The van der Waals surface area contributed by atoms with Gasteiger partial charge in [0.05, 0.1) is 6.61 Å². The van der Waals surface area contributed by atoms with E-state index in [1.807, 2.05) is 13.0 Å². The number of ether oxygens (including phenoxy) is 1. The molecule has 120 valence electrons. The summed E-state index contributed by atoms with van der Waals surface area (Å²) in [7, 11) is 3.39. The van der Waals surface area contributed by atoms with Crippen LogP contribution in [0.1, 0.15) is 6.92 Å². The van der Waals surface area contributed by atoms with Gasteiger partial charge in [0.2, 0.25) is 0 Å². The number of guanidine groups is 1. The van der Waals surface area contributed by atoms with E-state index in [9.17, 15) is 4.39 Å². The molecule has 1 aromatic rings. The first-order valence-corrected chi connectivity index (χ1v) is 7.49. The second kappa shape index (κ2) is 12.0. The van der Waals surface area contributed by atoms with E-state index < -0.39 is 0 Å². The van der Waals surface area contributed by atoms with Crippen molar-refractivity contribution in [3.05, 3.63) is 30.1 Å². The molecule has 7 heteroatoms. The summed E-state index contributed by atoms with van der Waals surface area (Å²) in [6, 6.07) is 6.98. The van der Waals surface area contributed by atoms with Crippen LogP contribution in [0.25, 0.3) is 0 Å². The third kappa shape index (κ3) is 8.47. The normalized spacial score (nSPS) is 12.5. The number of halogens is 2. The lowest BCUT2D eigenvalue weighted by atomic mass is 10.3. The number of aliphatic imine (C=N–C) groups is 1. The van der Waals surface area contributed by atoms with E-state index >= 15 is 0 Å². The number of thioether (sulfide) groups is 1. The van der Waals surface area contributed by atoms with Crippen molar-refractivity contribution in [1.82, 2.24) is 10.6 Å². The van der Waals surface area contributed by atoms with Gasteiger partial charge in [0.15, 0.2) is 5.96 Å².